The van der Waals surface area contributed by atoms with Gasteiger partial charge in [-0.15, -0.1) is 0 Å². The average molecular weight is 272 g/mol. The summed E-state index contributed by atoms with van der Waals surface area (Å²) in [6, 6.07) is 1.17. The number of pyridine rings is 1. The molecular formula is C7H5BrClF2NO. The number of hydrogen-bond acceptors (Lipinski definition) is 1. The standard InChI is InChI=1S/C7H5BrClF2NO/c8-2-3-1-4(6(10)11)12-7(13)5(3)9/h1,6H,2H2,(H,12,13). The highest BCUT2D eigenvalue weighted by atomic mass is 79.9. The lowest BCUT2D eigenvalue weighted by molar-refractivity contribution is 0.145. The van der Waals surface area contributed by atoms with Gasteiger partial charge in [-0.05, 0) is 11.6 Å². The van der Waals surface area contributed by atoms with E-state index in [1.807, 2.05) is 4.98 Å². The lowest BCUT2D eigenvalue weighted by atomic mass is 10.2. The molecule has 1 aromatic rings. The first-order chi connectivity index (χ1) is 6.06. The Morgan fingerprint density at radius 2 is 2.23 bits per heavy atom. The minimum absolute atomic E-state index is 0.0544. The van der Waals surface area contributed by atoms with E-state index in [0.29, 0.717) is 5.56 Å². The van der Waals surface area contributed by atoms with Crippen molar-refractivity contribution in [3.63, 3.8) is 0 Å². The van der Waals surface area contributed by atoms with E-state index in [9.17, 15) is 13.6 Å². The number of nitrogens with one attached hydrogen (secondary N) is 1. The minimum Gasteiger partial charge on any atom is -0.320 e. The number of rotatable bonds is 2. The Morgan fingerprint density at radius 3 is 2.69 bits per heavy atom. The van der Waals surface area contributed by atoms with Crippen LogP contribution in [-0.2, 0) is 5.33 Å². The monoisotopic (exact) mass is 271 g/mol. The van der Waals surface area contributed by atoms with Crippen molar-refractivity contribution >= 4 is 27.5 Å². The molecule has 0 spiro atoms. The van der Waals surface area contributed by atoms with E-state index < -0.39 is 17.7 Å². The van der Waals surface area contributed by atoms with Crippen molar-refractivity contribution in [2.24, 2.45) is 0 Å². The molecule has 1 rings (SSSR count). The molecule has 0 fully saturated rings. The second-order valence-electron chi connectivity index (χ2n) is 2.33. The van der Waals surface area contributed by atoms with E-state index >= 15 is 0 Å². The summed E-state index contributed by atoms with van der Waals surface area (Å²) >= 11 is 8.59. The SMILES string of the molecule is O=c1[nH]c(C(F)F)cc(CBr)c1Cl. The van der Waals surface area contributed by atoms with Crippen molar-refractivity contribution in [3.05, 3.63) is 32.7 Å². The molecule has 0 aliphatic heterocycles. The van der Waals surface area contributed by atoms with E-state index in [1.54, 1.807) is 0 Å². The van der Waals surface area contributed by atoms with Crippen LogP contribution in [0, 0.1) is 0 Å². The number of halogens is 4. The number of alkyl halides is 3. The maximum atomic E-state index is 12.2. The summed E-state index contributed by atoms with van der Waals surface area (Å²) < 4.78 is 24.3. The zero-order chi connectivity index (χ0) is 10.0. The van der Waals surface area contributed by atoms with Crippen molar-refractivity contribution in [3.8, 4) is 0 Å². The molecule has 0 saturated heterocycles. The zero-order valence-corrected chi connectivity index (χ0v) is 8.62. The first-order valence-electron chi connectivity index (χ1n) is 3.32. The second-order valence-corrected chi connectivity index (χ2v) is 3.27. The van der Waals surface area contributed by atoms with Gasteiger partial charge in [0.05, 0.1) is 5.69 Å². The van der Waals surface area contributed by atoms with Gasteiger partial charge in [0.25, 0.3) is 12.0 Å². The predicted octanol–water partition coefficient (Wildman–Crippen LogP) is 2.86. The highest BCUT2D eigenvalue weighted by Gasteiger charge is 2.12. The van der Waals surface area contributed by atoms with Gasteiger partial charge in [-0.25, -0.2) is 8.78 Å². The van der Waals surface area contributed by atoms with Crippen LogP contribution in [0.25, 0.3) is 0 Å². The van der Waals surface area contributed by atoms with Gasteiger partial charge in [0.1, 0.15) is 5.02 Å². The fraction of sp³-hybridized carbons (Fsp3) is 0.286. The Morgan fingerprint density at radius 1 is 1.62 bits per heavy atom. The summed E-state index contributed by atoms with van der Waals surface area (Å²) in [5.74, 6) is 0. The van der Waals surface area contributed by atoms with Gasteiger partial charge in [0, 0.05) is 5.33 Å². The summed E-state index contributed by atoms with van der Waals surface area (Å²) in [6.07, 6.45) is -2.69. The molecule has 0 saturated carbocycles. The van der Waals surface area contributed by atoms with Gasteiger partial charge >= 0.3 is 0 Å². The molecule has 0 aromatic carbocycles. The van der Waals surface area contributed by atoms with Crippen LogP contribution >= 0.6 is 27.5 Å². The van der Waals surface area contributed by atoms with E-state index in [4.69, 9.17) is 11.6 Å². The molecule has 0 unspecified atom stereocenters. The molecule has 0 amide bonds. The van der Waals surface area contributed by atoms with Gasteiger partial charge in [-0.2, -0.15) is 0 Å². The molecule has 1 N–H and O–H groups in total. The molecule has 1 aromatic heterocycles. The van der Waals surface area contributed by atoms with Gasteiger partial charge in [0.15, 0.2) is 0 Å². The van der Waals surface area contributed by atoms with Crippen molar-refractivity contribution < 1.29 is 8.78 Å². The van der Waals surface area contributed by atoms with Gasteiger partial charge in [-0.3, -0.25) is 4.79 Å². The topological polar surface area (TPSA) is 32.9 Å². The lowest BCUT2D eigenvalue weighted by Crippen LogP contribution is -2.11. The molecule has 1 heterocycles. The average Bonchev–Trinajstić information content (AvgIpc) is 2.09. The van der Waals surface area contributed by atoms with Crippen molar-refractivity contribution in [2.75, 3.05) is 0 Å². The third-order valence-corrected chi connectivity index (χ3v) is 2.47. The Balaban J connectivity index is 3.31. The third-order valence-electron chi connectivity index (χ3n) is 1.45. The minimum atomic E-state index is -2.69. The molecule has 0 aliphatic carbocycles. The molecule has 0 aliphatic rings. The van der Waals surface area contributed by atoms with E-state index in [0.717, 1.165) is 0 Å². The quantitative estimate of drug-likeness (QED) is 0.825. The highest BCUT2D eigenvalue weighted by molar-refractivity contribution is 9.08. The fourth-order valence-corrected chi connectivity index (χ4v) is 1.61. The summed E-state index contributed by atoms with van der Waals surface area (Å²) in [6.45, 7) is 0. The highest BCUT2D eigenvalue weighted by Crippen LogP contribution is 2.20. The van der Waals surface area contributed by atoms with Gasteiger partial charge in [0.2, 0.25) is 0 Å². The van der Waals surface area contributed by atoms with E-state index in [-0.39, 0.29) is 10.4 Å². The number of aromatic amines is 1. The van der Waals surface area contributed by atoms with Crippen LogP contribution in [0.2, 0.25) is 5.02 Å². The summed E-state index contributed by atoms with van der Waals surface area (Å²) in [7, 11) is 0. The van der Waals surface area contributed by atoms with Crippen LogP contribution in [0.1, 0.15) is 17.7 Å². The zero-order valence-electron chi connectivity index (χ0n) is 6.28. The number of H-pyrrole nitrogens is 1. The van der Waals surface area contributed by atoms with Gasteiger partial charge in [-0.1, -0.05) is 27.5 Å². The summed E-state index contributed by atoms with van der Waals surface area (Å²) in [4.78, 5) is 13.0. The number of hydrogen-bond donors (Lipinski definition) is 1. The predicted molar refractivity (Wildman–Crippen MR) is 49.7 cm³/mol. The lowest BCUT2D eigenvalue weighted by Gasteiger charge is -2.03. The Hall–Kier alpha value is -0.420. The molecule has 0 bridgehead atoms. The van der Waals surface area contributed by atoms with Crippen molar-refractivity contribution in [1.29, 1.82) is 0 Å². The molecule has 13 heavy (non-hydrogen) atoms. The maximum Gasteiger partial charge on any atom is 0.278 e. The van der Waals surface area contributed by atoms with Crippen LogP contribution in [-0.4, -0.2) is 4.98 Å². The first kappa shape index (κ1) is 10.7. The van der Waals surface area contributed by atoms with E-state index in [2.05, 4.69) is 15.9 Å². The normalized spacial score (nSPS) is 10.8. The summed E-state index contributed by atoms with van der Waals surface area (Å²) in [5, 5.41) is 0.219. The third kappa shape index (κ3) is 2.28. The van der Waals surface area contributed by atoms with Crippen molar-refractivity contribution in [1.82, 2.24) is 4.98 Å². The Bertz CT molecular complexity index is 366. The molecule has 2 nitrogen and oxygen atoms in total. The maximum absolute atomic E-state index is 12.2. The van der Waals surface area contributed by atoms with Gasteiger partial charge < -0.3 is 4.98 Å². The van der Waals surface area contributed by atoms with Crippen LogP contribution < -0.4 is 5.56 Å². The first-order valence-corrected chi connectivity index (χ1v) is 4.82. The second kappa shape index (κ2) is 4.19. The molecule has 72 valence electrons. The fourth-order valence-electron chi connectivity index (χ4n) is 0.834. The van der Waals surface area contributed by atoms with Crippen LogP contribution in [0.4, 0.5) is 8.78 Å². The molecule has 6 heteroatoms. The smallest absolute Gasteiger partial charge is 0.278 e. The molecule has 0 atom stereocenters. The van der Waals surface area contributed by atoms with Crippen LogP contribution in [0.15, 0.2) is 10.9 Å². The molecular weight excluding hydrogens is 267 g/mol. The van der Waals surface area contributed by atoms with Crippen LogP contribution in [0.5, 0.6) is 0 Å². The molecule has 0 radical (unpaired) electrons. The van der Waals surface area contributed by atoms with Crippen LogP contribution in [0.3, 0.4) is 0 Å². The number of aromatic nitrogens is 1. The Labute approximate surface area is 86.0 Å². The largest absolute Gasteiger partial charge is 0.320 e. The van der Waals surface area contributed by atoms with E-state index in [1.165, 1.54) is 6.07 Å². The van der Waals surface area contributed by atoms with Crippen molar-refractivity contribution in [2.45, 2.75) is 11.8 Å². The Kier molecular flexibility index (Phi) is 3.44. The summed E-state index contributed by atoms with van der Waals surface area (Å²) in [5.41, 5.74) is -0.738.